The molecule has 2 fully saturated rings. The molecule has 1 heterocycles. The predicted molar refractivity (Wildman–Crippen MR) is 138 cm³/mol. The molecule has 0 radical (unpaired) electrons. The second-order valence-corrected chi connectivity index (χ2v) is 10.3. The fraction of sp³-hybridized carbons (Fsp3) is 0.964. The minimum atomic E-state index is -0.791. The quantitative estimate of drug-likeness (QED) is 0.234. The van der Waals surface area contributed by atoms with Crippen molar-refractivity contribution in [1.82, 2.24) is 0 Å². The van der Waals surface area contributed by atoms with Crippen LogP contribution in [0.25, 0.3) is 0 Å². The first kappa shape index (κ1) is 31.4. The SMILES string of the molecule is CCCCOC1C(OCCCC)[C@H](OCCCC)C(C)O[C@H]1OC1C(CC)CC(C(=O)OC)C[C@H]1O. The number of carbonyl (C=O) groups excluding carboxylic acids is 1. The van der Waals surface area contributed by atoms with Gasteiger partial charge in [-0.3, -0.25) is 4.79 Å². The maximum absolute atomic E-state index is 12.2. The summed E-state index contributed by atoms with van der Waals surface area (Å²) in [6.07, 6.45) is 4.39. The minimum absolute atomic E-state index is 0.00559. The lowest BCUT2D eigenvalue weighted by atomic mass is 9.76. The topological polar surface area (TPSA) is 92.7 Å². The van der Waals surface area contributed by atoms with E-state index in [4.69, 9.17) is 28.4 Å². The lowest BCUT2D eigenvalue weighted by Crippen LogP contribution is -2.62. The van der Waals surface area contributed by atoms with Gasteiger partial charge in [-0.05, 0) is 44.9 Å². The molecule has 0 aromatic carbocycles. The number of esters is 1. The van der Waals surface area contributed by atoms with Crippen LogP contribution >= 0.6 is 0 Å². The number of aliphatic hydroxyl groups is 1. The van der Waals surface area contributed by atoms with E-state index in [1.807, 2.05) is 6.92 Å². The number of hydrogen-bond donors (Lipinski definition) is 1. The summed E-state index contributed by atoms with van der Waals surface area (Å²) in [6.45, 7) is 12.3. The number of rotatable bonds is 16. The molecule has 2 aliphatic rings. The van der Waals surface area contributed by atoms with E-state index in [1.54, 1.807) is 0 Å². The smallest absolute Gasteiger partial charge is 0.308 e. The molecule has 0 spiro atoms. The number of aliphatic hydroxyl groups excluding tert-OH is 1. The monoisotopic (exact) mass is 516 g/mol. The normalized spacial score (nSPS) is 35.0. The Morgan fingerprint density at radius 2 is 1.39 bits per heavy atom. The molecule has 0 bridgehead atoms. The van der Waals surface area contributed by atoms with Gasteiger partial charge >= 0.3 is 5.97 Å². The third-order valence-electron chi connectivity index (χ3n) is 7.46. The molecule has 1 saturated carbocycles. The highest BCUT2D eigenvalue weighted by molar-refractivity contribution is 5.72. The summed E-state index contributed by atoms with van der Waals surface area (Å²) in [5, 5.41) is 11.0. The molecular weight excluding hydrogens is 464 g/mol. The molecule has 2 rings (SSSR count). The molecule has 8 heteroatoms. The van der Waals surface area contributed by atoms with E-state index in [-0.39, 0.29) is 36.1 Å². The first-order valence-corrected chi connectivity index (χ1v) is 14.3. The van der Waals surface area contributed by atoms with Crippen molar-refractivity contribution >= 4 is 5.97 Å². The fourth-order valence-electron chi connectivity index (χ4n) is 5.22. The largest absolute Gasteiger partial charge is 0.469 e. The zero-order valence-corrected chi connectivity index (χ0v) is 23.5. The Kier molecular flexibility index (Phi) is 14.8. The molecule has 0 aromatic heterocycles. The van der Waals surface area contributed by atoms with Gasteiger partial charge < -0.3 is 33.5 Å². The van der Waals surface area contributed by atoms with Crippen LogP contribution in [0.2, 0.25) is 0 Å². The van der Waals surface area contributed by atoms with Gasteiger partial charge in [0.1, 0.15) is 18.3 Å². The molecule has 1 aliphatic carbocycles. The Morgan fingerprint density at radius 3 is 1.92 bits per heavy atom. The van der Waals surface area contributed by atoms with Gasteiger partial charge in [-0.15, -0.1) is 0 Å². The van der Waals surface area contributed by atoms with Gasteiger partial charge in [0.15, 0.2) is 6.29 Å². The zero-order valence-electron chi connectivity index (χ0n) is 23.5. The second kappa shape index (κ2) is 16.9. The van der Waals surface area contributed by atoms with Crippen LogP contribution in [0.4, 0.5) is 0 Å². The third kappa shape index (κ3) is 8.91. The summed E-state index contributed by atoms with van der Waals surface area (Å²) in [5.41, 5.74) is 0. The summed E-state index contributed by atoms with van der Waals surface area (Å²) in [6, 6.07) is 0. The fourth-order valence-corrected chi connectivity index (χ4v) is 5.22. The van der Waals surface area contributed by atoms with E-state index < -0.39 is 24.6 Å². The van der Waals surface area contributed by atoms with Gasteiger partial charge in [0.25, 0.3) is 0 Å². The highest BCUT2D eigenvalue weighted by Crippen LogP contribution is 2.37. The number of methoxy groups -OCH3 is 1. The standard InChI is InChI=1S/C28H52O8/c1-7-11-14-32-23-19(5)35-28(26(34-16-13-9-3)25(23)33-15-12-8-2)36-24-20(10-4)17-21(18-22(24)29)27(30)31-6/h19-26,28-29H,7-18H2,1-6H3/t19?,20?,21?,22-,23-,24?,25?,26?,28+/m1/s1. The van der Waals surface area contributed by atoms with Crippen LogP contribution in [0.1, 0.15) is 92.4 Å². The van der Waals surface area contributed by atoms with Crippen LogP contribution < -0.4 is 0 Å². The molecule has 0 amide bonds. The molecule has 9 atom stereocenters. The molecule has 6 unspecified atom stereocenters. The zero-order chi connectivity index (χ0) is 26.5. The molecule has 1 N–H and O–H groups in total. The number of unbranched alkanes of at least 4 members (excludes halogenated alkanes) is 3. The summed E-state index contributed by atoms with van der Waals surface area (Å²) in [7, 11) is 1.39. The van der Waals surface area contributed by atoms with Crippen molar-refractivity contribution in [2.45, 2.75) is 135 Å². The lowest BCUT2D eigenvalue weighted by molar-refractivity contribution is -0.335. The van der Waals surface area contributed by atoms with Crippen LogP contribution in [-0.4, -0.2) is 80.9 Å². The van der Waals surface area contributed by atoms with Crippen molar-refractivity contribution in [3.8, 4) is 0 Å². The van der Waals surface area contributed by atoms with E-state index in [1.165, 1.54) is 7.11 Å². The molecule has 1 saturated heterocycles. The average molecular weight is 517 g/mol. The van der Waals surface area contributed by atoms with Gasteiger partial charge in [0.2, 0.25) is 0 Å². The molecular formula is C28H52O8. The van der Waals surface area contributed by atoms with E-state index in [2.05, 4.69) is 27.7 Å². The Hall–Kier alpha value is -0.770. The maximum atomic E-state index is 12.2. The molecule has 8 nitrogen and oxygen atoms in total. The first-order valence-electron chi connectivity index (χ1n) is 14.3. The van der Waals surface area contributed by atoms with Gasteiger partial charge in [-0.25, -0.2) is 0 Å². The molecule has 212 valence electrons. The Morgan fingerprint density at radius 1 is 0.833 bits per heavy atom. The Balaban J connectivity index is 2.24. The van der Waals surface area contributed by atoms with E-state index in [0.29, 0.717) is 32.7 Å². The molecule has 36 heavy (non-hydrogen) atoms. The van der Waals surface area contributed by atoms with Gasteiger partial charge in [0.05, 0.1) is 31.3 Å². The summed E-state index contributed by atoms with van der Waals surface area (Å²) < 4.78 is 37.0. The van der Waals surface area contributed by atoms with Crippen molar-refractivity contribution in [3.05, 3.63) is 0 Å². The molecule has 0 aromatic rings. The van der Waals surface area contributed by atoms with Crippen LogP contribution in [0, 0.1) is 11.8 Å². The lowest BCUT2D eigenvalue weighted by Gasteiger charge is -2.47. The van der Waals surface area contributed by atoms with Crippen LogP contribution in [0.15, 0.2) is 0 Å². The van der Waals surface area contributed by atoms with Crippen LogP contribution in [0.3, 0.4) is 0 Å². The predicted octanol–water partition coefficient (Wildman–Crippen LogP) is 4.64. The van der Waals surface area contributed by atoms with Crippen molar-refractivity contribution in [1.29, 1.82) is 0 Å². The van der Waals surface area contributed by atoms with Gasteiger partial charge in [0, 0.05) is 19.8 Å². The molecule has 1 aliphatic heterocycles. The minimum Gasteiger partial charge on any atom is -0.469 e. The van der Waals surface area contributed by atoms with E-state index in [9.17, 15) is 9.90 Å². The summed E-state index contributed by atoms with van der Waals surface area (Å²) in [5.74, 6) is -0.587. The Bertz CT molecular complexity index is 602. The van der Waals surface area contributed by atoms with Crippen molar-refractivity contribution in [2.75, 3.05) is 26.9 Å². The first-order chi connectivity index (χ1) is 17.4. The van der Waals surface area contributed by atoms with Crippen LogP contribution in [-0.2, 0) is 33.2 Å². The highest BCUT2D eigenvalue weighted by Gasteiger charge is 2.50. The number of carbonyl (C=O) groups is 1. The third-order valence-corrected chi connectivity index (χ3v) is 7.46. The summed E-state index contributed by atoms with van der Waals surface area (Å²) in [4.78, 5) is 12.2. The van der Waals surface area contributed by atoms with E-state index in [0.717, 1.165) is 44.9 Å². The number of hydrogen-bond acceptors (Lipinski definition) is 8. The highest BCUT2D eigenvalue weighted by atomic mass is 16.7. The number of ether oxygens (including phenoxy) is 6. The van der Waals surface area contributed by atoms with Gasteiger partial charge in [-0.2, -0.15) is 0 Å². The van der Waals surface area contributed by atoms with E-state index >= 15 is 0 Å². The maximum Gasteiger partial charge on any atom is 0.308 e. The van der Waals surface area contributed by atoms with Gasteiger partial charge in [-0.1, -0.05) is 53.4 Å². The van der Waals surface area contributed by atoms with Crippen molar-refractivity contribution in [2.24, 2.45) is 11.8 Å². The van der Waals surface area contributed by atoms with Crippen molar-refractivity contribution in [3.63, 3.8) is 0 Å². The van der Waals surface area contributed by atoms with Crippen molar-refractivity contribution < 1.29 is 38.3 Å². The Labute approximate surface area is 218 Å². The van der Waals surface area contributed by atoms with Crippen LogP contribution in [0.5, 0.6) is 0 Å². The average Bonchev–Trinajstić information content (AvgIpc) is 2.87. The summed E-state index contributed by atoms with van der Waals surface area (Å²) >= 11 is 0. The second-order valence-electron chi connectivity index (χ2n) is 10.3.